The fourth-order valence-electron chi connectivity index (χ4n) is 2.77. The highest BCUT2D eigenvalue weighted by molar-refractivity contribution is 7.99. The summed E-state index contributed by atoms with van der Waals surface area (Å²) in [7, 11) is 1.42. The van der Waals surface area contributed by atoms with E-state index in [1.54, 1.807) is 18.2 Å². The van der Waals surface area contributed by atoms with Crippen LogP contribution in [0.2, 0.25) is 10.0 Å². The number of thioether (sulfide) groups is 1. The molecule has 0 aliphatic heterocycles. The van der Waals surface area contributed by atoms with Crippen LogP contribution in [0.5, 0.6) is 5.75 Å². The molecule has 0 fully saturated rings. The lowest BCUT2D eigenvalue weighted by molar-refractivity contribution is -0.384. The Bertz CT molecular complexity index is 1140. The van der Waals surface area contributed by atoms with Gasteiger partial charge < -0.3 is 14.6 Å². The van der Waals surface area contributed by atoms with Gasteiger partial charge in [0.25, 0.3) is 5.69 Å². The minimum atomic E-state index is -0.545. The van der Waals surface area contributed by atoms with Crippen molar-refractivity contribution in [1.29, 1.82) is 0 Å². The monoisotopic (exact) mass is 481 g/mol. The maximum atomic E-state index is 12.5. The number of nitro groups is 1. The zero-order valence-corrected chi connectivity index (χ0v) is 18.8. The number of ether oxygens (including phenoxy) is 1. The summed E-state index contributed by atoms with van der Waals surface area (Å²) in [6, 6.07) is 9.07. The van der Waals surface area contributed by atoms with Crippen LogP contribution in [0.4, 0.5) is 11.4 Å². The summed E-state index contributed by atoms with van der Waals surface area (Å²) >= 11 is 13.4. The highest BCUT2D eigenvalue weighted by Crippen LogP contribution is 2.32. The molecule has 1 heterocycles. The van der Waals surface area contributed by atoms with Crippen molar-refractivity contribution in [2.45, 2.75) is 18.6 Å². The number of carbonyl (C=O) groups is 1. The van der Waals surface area contributed by atoms with Gasteiger partial charge in [-0.15, -0.1) is 10.2 Å². The summed E-state index contributed by atoms with van der Waals surface area (Å²) in [5, 5.41) is 23.5. The molecule has 0 aliphatic rings. The van der Waals surface area contributed by atoms with E-state index in [1.165, 1.54) is 37.1 Å². The summed E-state index contributed by atoms with van der Waals surface area (Å²) in [5.74, 6) is 0.520. The van der Waals surface area contributed by atoms with Gasteiger partial charge >= 0.3 is 0 Å². The van der Waals surface area contributed by atoms with Gasteiger partial charge in [-0.05, 0) is 31.2 Å². The molecular weight excluding hydrogens is 465 g/mol. The minimum absolute atomic E-state index is 0.0122. The lowest BCUT2D eigenvalue weighted by atomic mass is 10.2. The number of aromatic nitrogens is 3. The normalized spacial score (nSPS) is 10.7. The molecule has 0 saturated carbocycles. The molecule has 1 amide bonds. The van der Waals surface area contributed by atoms with Gasteiger partial charge in [-0.1, -0.05) is 35.0 Å². The summed E-state index contributed by atoms with van der Waals surface area (Å²) in [4.78, 5) is 22.9. The Hall–Kier alpha value is -2.82. The zero-order valence-electron chi connectivity index (χ0n) is 16.5. The first-order chi connectivity index (χ1) is 14.8. The maximum absolute atomic E-state index is 12.5. The van der Waals surface area contributed by atoms with Crippen LogP contribution in [0.1, 0.15) is 6.92 Å². The number of non-ortho nitro benzene ring substituents is 1. The molecule has 0 saturated heterocycles. The highest BCUT2D eigenvalue weighted by atomic mass is 35.5. The smallest absolute Gasteiger partial charge is 0.271 e. The van der Waals surface area contributed by atoms with Crippen molar-refractivity contribution in [3.8, 4) is 17.1 Å². The zero-order chi connectivity index (χ0) is 22.5. The third-order valence-electron chi connectivity index (χ3n) is 4.21. The predicted octanol–water partition coefficient (Wildman–Crippen LogP) is 4.92. The number of hydrogen-bond acceptors (Lipinski definition) is 7. The van der Waals surface area contributed by atoms with Crippen molar-refractivity contribution < 1.29 is 14.5 Å². The van der Waals surface area contributed by atoms with Crippen molar-refractivity contribution >= 4 is 52.2 Å². The van der Waals surface area contributed by atoms with E-state index in [1.807, 2.05) is 11.5 Å². The second-order valence-corrected chi connectivity index (χ2v) is 7.94. The first-order valence-corrected chi connectivity index (χ1v) is 10.7. The van der Waals surface area contributed by atoms with Crippen LogP contribution >= 0.6 is 35.0 Å². The van der Waals surface area contributed by atoms with E-state index in [4.69, 9.17) is 27.9 Å². The number of rotatable bonds is 8. The third-order valence-corrected chi connectivity index (χ3v) is 5.72. The minimum Gasteiger partial charge on any atom is -0.495 e. The number of carbonyl (C=O) groups excluding carboxylic acids is 1. The molecule has 1 aromatic heterocycles. The van der Waals surface area contributed by atoms with Crippen LogP contribution in [-0.2, 0) is 11.3 Å². The fourth-order valence-corrected chi connectivity index (χ4v) is 4.07. The Morgan fingerprint density at radius 2 is 2.03 bits per heavy atom. The molecule has 0 atom stereocenters. The van der Waals surface area contributed by atoms with Gasteiger partial charge in [-0.3, -0.25) is 14.9 Å². The predicted molar refractivity (Wildman–Crippen MR) is 120 cm³/mol. The molecule has 162 valence electrons. The molecule has 0 bridgehead atoms. The molecule has 0 unspecified atom stereocenters. The first kappa shape index (κ1) is 22.9. The Morgan fingerprint density at radius 1 is 1.26 bits per heavy atom. The molecule has 0 spiro atoms. The summed E-state index contributed by atoms with van der Waals surface area (Å²) in [6.45, 7) is 2.48. The van der Waals surface area contributed by atoms with Crippen LogP contribution in [0.15, 0.2) is 41.6 Å². The molecular formula is C19H17Cl2N5O4S. The summed E-state index contributed by atoms with van der Waals surface area (Å²) in [5.41, 5.74) is 0.741. The first-order valence-electron chi connectivity index (χ1n) is 8.97. The lowest BCUT2D eigenvalue weighted by Crippen LogP contribution is -2.15. The number of nitro benzene ring substituents is 1. The Kier molecular flexibility index (Phi) is 7.37. The van der Waals surface area contributed by atoms with Gasteiger partial charge in [-0.25, -0.2) is 0 Å². The number of nitrogens with zero attached hydrogens (tertiary/aromatic N) is 4. The molecule has 0 aliphatic carbocycles. The number of anilines is 1. The van der Waals surface area contributed by atoms with Crippen LogP contribution in [-0.4, -0.2) is 38.5 Å². The molecule has 2 aromatic carbocycles. The van der Waals surface area contributed by atoms with Crippen molar-refractivity contribution in [3.63, 3.8) is 0 Å². The van der Waals surface area contributed by atoms with Crippen LogP contribution in [0.25, 0.3) is 11.4 Å². The van der Waals surface area contributed by atoms with E-state index in [2.05, 4.69) is 15.5 Å². The number of methoxy groups -OCH3 is 1. The largest absolute Gasteiger partial charge is 0.495 e. The summed E-state index contributed by atoms with van der Waals surface area (Å²) < 4.78 is 6.99. The standard InChI is InChI=1S/C19H17Cl2N5O4S/c1-3-25-18(13-6-4-11(20)8-14(13)21)23-24-19(25)31-10-17(27)22-15-9-12(26(28)29)5-7-16(15)30-2/h4-9H,3,10H2,1-2H3,(H,22,27). The van der Waals surface area contributed by atoms with Crippen molar-refractivity contribution in [1.82, 2.24) is 14.8 Å². The molecule has 3 aromatic rings. The van der Waals surface area contributed by atoms with Crippen LogP contribution in [0.3, 0.4) is 0 Å². The Morgan fingerprint density at radius 3 is 2.68 bits per heavy atom. The van der Waals surface area contributed by atoms with Crippen molar-refractivity contribution in [2.24, 2.45) is 0 Å². The van der Waals surface area contributed by atoms with Crippen molar-refractivity contribution in [3.05, 3.63) is 56.6 Å². The second-order valence-electron chi connectivity index (χ2n) is 6.15. The quantitative estimate of drug-likeness (QED) is 0.276. The molecule has 12 heteroatoms. The third kappa shape index (κ3) is 5.27. The van der Waals surface area contributed by atoms with E-state index in [-0.39, 0.29) is 23.0 Å². The Labute approximate surface area is 191 Å². The van der Waals surface area contributed by atoms with Crippen LogP contribution < -0.4 is 10.1 Å². The topological polar surface area (TPSA) is 112 Å². The number of amides is 1. The van der Waals surface area contributed by atoms with E-state index in [0.29, 0.717) is 38.9 Å². The molecule has 9 nitrogen and oxygen atoms in total. The van der Waals surface area contributed by atoms with E-state index < -0.39 is 4.92 Å². The van der Waals surface area contributed by atoms with E-state index in [9.17, 15) is 14.9 Å². The van der Waals surface area contributed by atoms with Crippen LogP contribution in [0, 0.1) is 10.1 Å². The SMILES string of the molecule is CCn1c(SCC(=O)Nc2cc([N+](=O)[O-])ccc2OC)nnc1-c1ccc(Cl)cc1Cl. The average Bonchev–Trinajstić information content (AvgIpc) is 3.14. The fraction of sp³-hybridized carbons (Fsp3) is 0.211. The van der Waals surface area contributed by atoms with Gasteiger partial charge in [0, 0.05) is 29.3 Å². The molecule has 3 rings (SSSR count). The van der Waals surface area contributed by atoms with E-state index >= 15 is 0 Å². The van der Waals surface area contributed by atoms with Gasteiger partial charge in [0.15, 0.2) is 11.0 Å². The maximum Gasteiger partial charge on any atom is 0.271 e. The van der Waals surface area contributed by atoms with Gasteiger partial charge in [-0.2, -0.15) is 0 Å². The number of nitrogens with one attached hydrogen (secondary N) is 1. The van der Waals surface area contributed by atoms with Crippen molar-refractivity contribution in [2.75, 3.05) is 18.2 Å². The number of hydrogen-bond donors (Lipinski definition) is 1. The number of halogens is 2. The molecule has 0 radical (unpaired) electrons. The molecule has 1 N–H and O–H groups in total. The Balaban J connectivity index is 1.75. The summed E-state index contributed by atoms with van der Waals surface area (Å²) in [6.07, 6.45) is 0. The highest BCUT2D eigenvalue weighted by Gasteiger charge is 2.18. The lowest BCUT2D eigenvalue weighted by Gasteiger charge is -2.10. The van der Waals surface area contributed by atoms with E-state index in [0.717, 1.165) is 0 Å². The number of benzene rings is 2. The van der Waals surface area contributed by atoms with Gasteiger partial charge in [0.1, 0.15) is 5.75 Å². The second kappa shape index (κ2) is 9.99. The van der Waals surface area contributed by atoms with Gasteiger partial charge in [0.05, 0.1) is 28.5 Å². The molecule has 31 heavy (non-hydrogen) atoms. The average molecular weight is 482 g/mol. The van der Waals surface area contributed by atoms with Gasteiger partial charge in [0.2, 0.25) is 5.91 Å².